The van der Waals surface area contributed by atoms with Crippen molar-refractivity contribution in [1.82, 2.24) is 10.2 Å². The molecule has 5 heteroatoms. The molecule has 0 aliphatic carbocycles. The number of hydrogen-bond donors (Lipinski definition) is 1. The Balaban J connectivity index is 2.06. The Bertz CT molecular complexity index is 239. The predicted octanol–water partition coefficient (Wildman–Crippen LogP) is 2.62. The lowest BCUT2D eigenvalue weighted by atomic mass is 10.2. The smallest absolute Gasteiger partial charge is 0.203 e. The summed E-state index contributed by atoms with van der Waals surface area (Å²) in [5, 5.41) is 10.5. The summed E-state index contributed by atoms with van der Waals surface area (Å²) in [6, 6.07) is 0. The van der Waals surface area contributed by atoms with Crippen molar-refractivity contribution in [3.63, 3.8) is 0 Å². The van der Waals surface area contributed by atoms with E-state index in [4.69, 9.17) is 5.73 Å². The molecule has 1 rings (SSSR count). The Morgan fingerprint density at radius 1 is 1.15 bits per heavy atom. The van der Waals surface area contributed by atoms with Crippen LogP contribution in [0.15, 0.2) is 0 Å². The van der Waals surface area contributed by atoms with Crippen LogP contribution in [-0.2, 0) is 6.42 Å². The van der Waals surface area contributed by atoms with E-state index in [0.29, 0.717) is 5.13 Å². The van der Waals surface area contributed by atoms with Crippen molar-refractivity contribution in [2.75, 3.05) is 11.1 Å². The fraction of sp³-hybridized carbons (Fsp3) is 0.750. The lowest BCUT2D eigenvalue weighted by Crippen LogP contribution is -1.85. The van der Waals surface area contributed by atoms with E-state index in [1.807, 2.05) is 0 Å². The normalized spacial score (nSPS) is 10.5. The Hall–Kier alpha value is -0.160. The van der Waals surface area contributed by atoms with Crippen LogP contribution in [0, 0.1) is 0 Å². The van der Waals surface area contributed by atoms with E-state index in [2.05, 4.69) is 26.1 Å². The van der Waals surface area contributed by atoms with E-state index in [-0.39, 0.29) is 0 Å². The molecule has 0 atom stereocenters. The molecule has 0 aliphatic heterocycles. The molecular formula is C8H14BrN3S. The van der Waals surface area contributed by atoms with Gasteiger partial charge in [0.2, 0.25) is 5.13 Å². The second-order valence-electron chi connectivity index (χ2n) is 2.89. The van der Waals surface area contributed by atoms with Gasteiger partial charge < -0.3 is 5.73 Å². The van der Waals surface area contributed by atoms with Gasteiger partial charge in [-0.05, 0) is 12.8 Å². The van der Waals surface area contributed by atoms with Crippen LogP contribution in [0.2, 0.25) is 0 Å². The summed E-state index contributed by atoms with van der Waals surface area (Å²) in [6.45, 7) is 0. The molecule has 0 saturated heterocycles. The van der Waals surface area contributed by atoms with Crippen LogP contribution in [0.3, 0.4) is 0 Å². The monoisotopic (exact) mass is 263 g/mol. The van der Waals surface area contributed by atoms with Gasteiger partial charge in [-0.3, -0.25) is 0 Å². The number of unbranched alkanes of at least 4 members (excludes halogenated alkanes) is 3. The zero-order valence-electron chi connectivity index (χ0n) is 7.50. The number of anilines is 1. The second-order valence-corrected chi connectivity index (χ2v) is 4.77. The number of nitrogens with two attached hydrogens (primary N) is 1. The van der Waals surface area contributed by atoms with Gasteiger partial charge in [0.1, 0.15) is 5.01 Å². The number of nitrogens with zero attached hydrogens (tertiary/aromatic N) is 2. The van der Waals surface area contributed by atoms with Crippen LogP contribution in [0.5, 0.6) is 0 Å². The fourth-order valence-corrected chi connectivity index (χ4v) is 2.14. The van der Waals surface area contributed by atoms with E-state index in [1.165, 1.54) is 37.0 Å². The molecule has 0 aliphatic rings. The van der Waals surface area contributed by atoms with E-state index in [1.54, 1.807) is 0 Å². The molecule has 0 fully saturated rings. The molecule has 0 saturated carbocycles. The number of aromatic nitrogens is 2. The molecule has 0 bridgehead atoms. The Morgan fingerprint density at radius 2 is 1.92 bits per heavy atom. The summed E-state index contributed by atoms with van der Waals surface area (Å²) < 4.78 is 0. The number of nitrogen functional groups attached to an aromatic ring is 1. The van der Waals surface area contributed by atoms with Gasteiger partial charge in [0, 0.05) is 11.8 Å². The van der Waals surface area contributed by atoms with Crippen LogP contribution in [0.1, 0.15) is 30.7 Å². The SMILES string of the molecule is Nc1nnc(CCCCCCBr)s1. The molecule has 1 heterocycles. The molecule has 3 nitrogen and oxygen atoms in total. The molecule has 0 spiro atoms. The average molecular weight is 264 g/mol. The molecule has 2 N–H and O–H groups in total. The highest BCUT2D eigenvalue weighted by Gasteiger charge is 1.99. The molecule has 13 heavy (non-hydrogen) atoms. The van der Waals surface area contributed by atoms with Gasteiger partial charge in [0.15, 0.2) is 0 Å². The van der Waals surface area contributed by atoms with Gasteiger partial charge in [-0.1, -0.05) is 40.1 Å². The van der Waals surface area contributed by atoms with E-state index in [9.17, 15) is 0 Å². The first-order chi connectivity index (χ1) is 6.33. The first-order valence-corrected chi connectivity index (χ1v) is 6.40. The highest BCUT2D eigenvalue weighted by molar-refractivity contribution is 9.09. The van der Waals surface area contributed by atoms with Crippen LogP contribution < -0.4 is 5.73 Å². The van der Waals surface area contributed by atoms with Gasteiger partial charge in [-0.25, -0.2) is 0 Å². The second kappa shape index (κ2) is 6.32. The van der Waals surface area contributed by atoms with Crippen LogP contribution in [0.4, 0.5) is 5.13 Å². The number of aryl methyl sites for hydroxylation is 1. The quantitative estimate of drug-likeness (QED) is 0.634. The third kappa shape index (κ3) is 4.57. The van der Waals surface area contributed by atoms with Gasteiger partial charge in [0.25, 0.3) is 0 Å². The third-order valence-corrected chi connectivity index (χ3v) is 3.13. The highest BCUT2D eigenvalue weighted by Crippen LogP contribution is 2.14. The van der Waals surface area contributed by atoms with Gasteiger partial charge in [0.05, 0.1) is 0 Å². The largest absolute Gasteiger partial charge is 0.374 e. The molecule has 0 aromatic carbocycles. The van der Waals surface area contributed by atoms with Gasteiger partial charge in [-0.15, -0.1) is 10.2 Å². The molecule has 74 valence electrons. The number of rotatable bonds is 6. The highest BCUT2D eigenvalue weighted by atomic mass is 79.9. The van der Waals surface area contributed by atoms with Crippen molar-refractivity contribution >= 4 is 32.4 Å². The number of alkyl halides is 1. The molecule has 1 aromatic rings. The molecule has 0 unspecified atom stereocenters. The fourth-order valence-electron chi connectivity index (χ4n) is 1.09. The van der Waals surface area contributed by atoms with Crippen LogP contribution in [-0.4, -0.2) is 15.5 Å². The van der Waals surface area contributed by atoms with E-state index >= 15 is 0 Å². The summed E-state index contributed by atoms with van der Waals surface area (Å²) in [5.41, 5.74) is 5.47. The lowest BCUT2D eigenvalue weighted by Gasteiger charge is -1.95. The summed E-state index contributed by atoms with van der Waals surface area (Å²) in [4.78, 5) is 0. The van der Waals surface area contributed by atoms with Crippen molar-refractivity contribution in [2.24, 2.45) is 0 Å². The minimum absolute atomic E-state index is 0.579. The Labute approximate surface area is 90.9 Å². The minimum Gasteiger partial charge on any atom is -0.374 e. The van der Waals surface area contributed by atoms with Crippen molar-refractivity contribution in [3.05, 3.63) is 5.01 Å². The first-order valence-electron chi connectivity index (χ1n) is 4.46. The number of hydrogen-bond acceptors (Lipinski definition) is 4. The van der Waals surface area contributed by atoms with Gasteiger partial charge in [-0.2, -0.15) is 0 Å². The van der Waals surface area contributed by atoms with Gasteiger partial charge >= 0.3 is 0 Å². The topological polar surface area (TPSA) is 51.8 Å². The summed E-state index contributed by atoms with van der Waals surface area (Å²) in [5.74, 6) is 0. The van der Waals surface area contributed by atoms with Crippen molar-refractivity contribution in [1.29, 1.82) is 0 Å². The predicted molar refractivity (Wildman–Crippen MR) is 60.3 cm³/mol. The van der Waals surface area contributed by atoms with E-state index in [0.717, 1.165) is 16.8 Å². The standard InChI is InChI=1S/C8H14BrN3S/c9-6-4-2-1-3-5-7-11-12-8(10)13-7/h1-6H2,(H2,10,12). The molecule has 1 aromatic heterocycles. The maximum absolute atomic E-state index is 5.47. The Kier molecular flexibility index (Phi) is 5.31. The van der Waals surface area contributed by atoms with Crippen molar-refractivity contribution in [2.45, 2.75) is 32.1 Å². The summed E-state index contributed by atoms with van der Waals surface area (Å²) >= 11 is 4.91. The Morgan fingerprint density at radius 3 is 2.54 bits per heavy atom. The van der Waals surface area contributed by atoms with Crippen molar-refractivity contribution in [3.8, 4) is 0 Å². The maximum atomic E-state index is 5.47. The van der Waals surface area contributed by atoms with Crippen molar-refractivity contribution < 1.29 is 0 Å². The third-order valence-electron chi connectivity index (χ3n) is 1.76. The number of halogens is 1. The molecule has 0 radical (unpaired) electrons. The first kappa shape index (κ1) is 10.9. The average Bonchev–Trinajstić information content (AvgIpc) is 2.51. The minimum atomic E-state index is 0.579. The summed E-state index contributed by atoms with van der Waals surface area (Å²) in [7, 11) is 0. The van der Waals surface area contributed by atoms with Crippen LogP contribution in [0.25, 0.3) is 0 Å². The summed E-state index contributed by atoms with van der Waals surface area (Å²) in [6.07, 6.45) is 6.04. The maximum Gasteiger partial charge on any atom is 0.203 e. The van der Waals surface area contributed by atoms with Crippen LogP contribution >= 0.6 is 27.3 Å². The lowest BCUT2D eigenvalue weighted by molar-refractivity contribution is 0.667. The molecular weight excluding hydrogens is 250 g/mol. The molecule has 0 amide bonds. The van der Waals surface area contributed by atoms with E-state index < -0.39 is 0 Å². The zero-order valence-corrected chi connectivity index (χ0v) is 9.90. The zero-order chi connectivity index (χ0) is 9.52.